The number of hydrogen-bond donors (Lipinski definition) is 0. The number of benzene rings is 2. The number of piperazine rings is 1. The maximum Gasteiger partial charge on any atom is 0.269 e. The summed E-state index contributed by atoms with van der Waals surface area (Å²) in [4.78, 5) is 23.9. The Labute approximate surface area is 200 Å². The van der Waals surface area contributed by atoms with Crippen LogP contribution in [0.3, 0.4) is 0 Å². The molecule has 1 saturated heterocycles. The van der Waals surface area contributed by atoms with Crippen LogP contribution in [0.2, 0.25) is 0 Å². The van der Waals surface area contributed by atoms with Crippen LogP contribution < -0.4 is 4.74 Å². The van der Waals surface area contributed by atoms with Gasteiger partial charge in [0.1, 0.15) is 12.1 Å². The Hall–Kier alpha value is -4.16. The lowest BCUT2D eigenvalue weighted by atomic mass is 10.2. The molecule has 12 nitrogen and oxygen atoms in total. The van der Waals surface area contributed by atoms with E-state index in [2.05, 4.69) is 30.0 Å². The van der Waals surface area contributed by atoms with Crippen molar-refractivity contribution in [1.82, 2.24) is 34.7 Å². The van der Waals surface area contributed by atoms with Gasteiger partial charge in [-0.3, -0.25) is 19.9 Å². The first-order chi connectivity index (χ1) is 17.1. The first-order valence-electron chi connectivity index (χ1n) is 11.1. The van der Waals surface area contributed by atoms with Gasteiger partial charge in [-0.25, -0.2) is 9.67 Å². The monoisotopic (exact) mass is 476 g/mol. The maximum absolute atomic E-state index is 10.8. The molecule has 180 valence electrons. The summed E-state index contributed by atoms with van der Waals surface area (Å²) in [7, 11) is 1.63. The molecule has 0 unspecified atom stereocenters. The standard InChI is InChI=1S/C23H24N8O4/c1-34-20-8-4-18(5-9-20)23-25-21(35-27-23)14-28-10-12-29(13-11-28)16-30-15-24-22(26-30)17-2-6-19(7-3-17)31(32)33/h2-9,15H,10-14,16H2,1H3. The minimum Gasteiger partial charge on any atom is -0.497 e. The molecule has 0 radical (unpaired) electrons. The zero-order valence-electron chi connectivity index (χ0n) is 19.1. The van der Waals surface area contributed by atoms with E-state index < -0.39 is 4.92 Å². The Morgan fingerprint density at radius 2 is 1.63 bits per heavy atom. The molecule has 1 aliphatic rings. The summed E-state index contributed by atoms with van der Waals surface area (Å²) < 4.78 is 12.4. The number of rotatable bonds is 8. The molecule has 0 N–H and O–H groups in total. The number of aromatic nitrogens is 5. The Balaban J connectivity index is 1.12. The van der Waals surface area contributed by atoms with Gasteiger partial charge >= 0.3 is 0 Å². The highest BCUT2D eigenvalue weighted by Crippen LogP contribution is 2.21. The van der Waals surface area contributed by atoms with Crippen molar-refractivity contribution in [2.75, 3.05) is 33.3 Å². The van der Waals surface area contributed by atoms with Crippen molar-refractivity contribution in [3.8, 4) is 28.5 Å². The van der Waals surface area contributed by atoms with Crippen LogP contribution in [0.1, 0.15) is 5.89 Å². The fourth-order valence-electron chi connectivity index (χ4n) is 3.89. The van der Waals surface area contributed by atoms with Gasteiger partial charge in [0, 0.05) is 49.4 Å². The topological polar surface area (TPSA) is 128 Å². The highest BCUT2D eigenvalue weighted by Gasteiger charge is 2.20. The zero-order valence-corrected chi connectivity index (χ0v) is 19.1. The molecule has 2 aromatic carbocycles. The summed E-state index contributed by atoms with van der Waals surface area (Å²) in [6.45, 7) is 4.69. The Bertz CT molecular complexity index is 1280. The molecule has 0 spiro atoms. The molecule has 0 amide bonds. The number of non-ortho nitro benzene ring substituents is 1. The summed E-state index contributed by atoms with van der Waals surface area (Å²) >= 11 is 0. The molecule has 0 atom stereocenters. The van der Waals surface area contributed by atoms with E-state index in [-0.39, 0.29) is 5.69 Å². The molecule has 5 rings (SSSR count). The first kappa shape index (κ1) is 22.6. The molecule has 0 bridgehead atoms. The van der Waals surface area contributed by atoms with Crippen molar-refractivity contribution in [2.24, 2.45) is 0 Å². The Morgan fingerprint density at radius 3 is 2.31 bits per heavy atom. The fraction of sp³-hybridized carbons (Fsp3) is 0.304. The van der Waals surface area contributed by atoms with Crippen LogP contribution in [0.25, 0.3) is 22.8 Å². The van der Waals surface area contributed by atoms with Crippen molar-refractivity contribution in [3.63, 3.8) is 0 Å². The van der Waals surface area contributed by atoms with Crippen molar-refractivity contribution in [3.05, 3.63) is 70.9 Å². The van der Waals surface area contributed by atoms with Crippen molar-refractivity contribution < 1.29 is 14.2 Å². The number of nitrogens with zero attached hydrogens (tertiary/aromatic N) is 8. The van der Waals surface area contributed by atoms with Gasteiger partial charge in [-0.05, 0) is 36.4 Å². The third kappa shape index (κ3) is 5.34. The molecule has 0 saturated carbocycles. The van der Waals surface area contributed by atoms with E-state index in [1.165, 1.54) is 12.1 Å². The lowest BCUT2D eigenvalue weighted by Gasteiger charge is -2.33. The molecule has 4 aromatic rings. The molecule has 12 heteroatoms. The summed E-state index contributed by atoms with van der Waals surface area (Å²) in [5.74, 6) is 2.48. The van der Waals surface area contributed by atoms with Crippen LogP contribution in [0.15, 0.2) is 59.4 Å². The average Bonchev–Trinajstić information content (AvgIpc) is 3.55. The van der Waals surface area contributed by atoms with Gasteiger partial charge in [0.25, 0.3) is 5.69 Å². The smallest absolute Gasteiger partial charge is 0.269 e. The summed E-state index contributed by atoms with van der Waals surface area (Å²) in [5.41, 5.74) is 1.67. The van der Waals surface area contributed by atoms with E-state index in [9.17, 15) is 10.1 Å². The quantitative estimate of drug-likeness (QED) is 0.276. The molecule has 0 aliphatic carbocycles. The van der Waals surface area contributed by atoms with Gasteiger partial charge in [0.2, 0.25) is 11.7 Å². The van der Waals surface area contributed by atoms with Gasteiger partial charge in [-0.2, -0.15) is 4.98 Å². The molecular weight excluding hydrogens is 452 g/mol. The molecule has 3 heterocycles. The molecule has 35 heavy (non-hydrogen) atoms. The minimum atomic E-state index is -0.423. The molecule has 1 aliphatic heterocycles. The van der Waals surface area contributed by atoms with E-state index in [1.807, 2.05) is 24.3 Å². The first-order valence-corrected chi connectivity index (χ1v) is 11.1. The predicted octanol–water partition coefficient (Wildman–Crippen LogP) is 2.69. The number of ether oxygens (including phenoxy) is 1. The lowest BCUT2D eigenvalue weighted by molar-refractivity contribution is -0.384. The van der Waals surface area contributed by atoms with E-state index in [0.717, 1.165) is 43.1 Å². The Morgan fingerprint density at radius 1 is 0.971 bits per heavy atom. The number of nitro benzene ring substituents is 1. The number of methoxy groups -OCH3 is 1. The zero-order chi connectivity index (χ0) is 24.2. The lowest BCUT2D eigenvalue weighted by Crippen LogP contribution is -2.46. The van der Waals surface area contributed by atoms with Crippen molar-refractivity contribution in [1.29, 1.82) is 0 Å². The third-order valence-corrected chi connectivity index (χ3v) is 5.86. The predicted molar refractivity (Wildman–Crippen MR) is 125 cm³/mol. The van der Waals surface area contributed by atoms with Gasteiger partial charge < -0.3 is 9.26 Å². The van der Waals surface area contributed by atoms with E-state index in [0.29, 0.717) is 30.8 Å². The highest BCUT2D eigenvalue weighted by molar-refractivity contribution is 5.57. The third-order valence-electron chi connectivity index (χ3n) is 5.86. The van der Waals surface area contributed by atoms with Crippen LogP contribution in [-0.4, -0.2) is 72.9 Å². The van der Waals surface area contributed by atoms with Gasteiger partial charge in [-0.1, -0.05) is 5.16 Å². The van der Waals surface area contributed by atoms with Crippen LogP contribution >= 0.6 is 0 Å². The average molecular weight is 476 g/mol. The van der Waals surface area contributed by atoms with Crippen LogP contribution in [0.4, 0.5) is 5.69 Å². The summed E-state index contributed by atoms with van der Waals surface area (Å²) in [5, 5.41) is 19.4. The second-order valence-electron chi connectivity index (χ2n) is 8.19. The minimum absolute atomic E-state index is 0.0449. The summed E-state index contributed by atoms with van der Waals surface area (Å²) in [6.07, 6.45) is 1.68. The molecule has 1 fully saturated rings. The van der Waals surface area contributed by atoms with Crippen LogP contribution in [-0.2, 0) is 13.2 Å². The largest absolute Gasteiger partial charge is 0.497 e. The normalized spacial score (nSPS) is 14.8. The van der Waals surface area contributed by atoms with Crippen molar-refractivity contribution >= 4 is 5.69 Å². The van der Waals surface area contributed by atoms with Crippen LogP contribution in [0.5, 0.6) is 5.75 Å². The second kappa shape index (κ2) is 9.99. The molecular formula is C23H24N8O4. The SMILES string of the molecule is COc1ccc(-c2noc(CN3CCN(Cn4cnc(-c5ccc([N+](=O)[O-])cc5)n4)CC3)n2)cc1. The van der Waals surface area contributed by atoms with E-state index in [4.69, 9.17) is 9.26 Å². The van der Waals surface area contributed by atoms with Gasteiger partial charge in [0.15, 0.2) is 5.82 Å². The van der Waals surface area contributed by atoms with E-state index in [1.54, 1.807) is 30.3 Å². The molecule has 2 aromatic heterocycles. The second-order valence-corrected chi connectivity index (χ2v) is 8.19. The Kier molecular flexibility index (Phi) is 6.46. The number of hydrogen-bond acceptors (Lipinski definition) is 10. The summed E-state index contributed by atoms with van der Waals surface area (Å²) in [6, 6.07) is 13.8. The van der Waals surface area contributed by atoms with Gasteiger partial charge in [0.05, 0.1) is 25.2 Å². The van der Waals surface area contributed by atoms with Crippen LogP contribution in [0, 0.1) is 10.1 Å². The number of nitro groups is 1. The van der Waals surface area contributed by atoms with Gasteiger partial charge in [-0.15, -0.1) is 5.10 Å². The van der Waals surface area contributed by atoms with E-state index >= 15 is 0 Å². The fourth-order valence-corrected chi connectivity index (χ4v) is 3.89. The maximum atomic E-state index is 10.8. The highest BCUT2D eigenvalue weighted by atomic mass is 16.6. The van der Waals surface area contributed by atoms with Crippen molar-refractivity contribution in [2.45, 2.75) is 13.2 Å².